The van der Waals surface area contributed by atoms with Crippen LogP contribution in [0.5, 0.6) is 0 Å². The van der Waals surface area contributed by atoms with E-state index in [1.807, 2.05) is 48.5 Å². The molecule has 1 aliphatic rings. The predicted octanol–water partition coefficient (Wildman–Crippen LogP) is 6.86. The summed E-state index contributed by atoms with van der Waals surface area (Å²) in [6, 6.07) is 20.2. The Kier molecular flexibility index (Phi) is 7.85. The highest BCUT2D eigenvalue weighted by Gasteiger charge is 2.37. The van der Waals surface area contributed by atoms with Gasteiger partial charge in [0.1, 0.15) is 0 Å². The maximum atomic E-state index is 14.1. The predicted molar refractivity (Wildman–Crippen MR) is 122 cm³/mol. The summed E-state index contributed by atoms with van der Waals surface area (Å²) < 4.78 is 20.7. The lowest BCUT2D eigenvalue weighted by molar-refractivity contribution is 0.0500. The molecule has 152 valence electrons. The Morgan fingerprint density at radius 3 is 2.32 bits per heavy atom. The SMILES string of the molecule is CC(C)[C@@H]1CC[C@@H](C)C[C@H]1OP(=O)(CCSc1ccccc1)c1ccccc1. The minimum Gasteiger partial charge on any atom is -0.322 e. The lowest BCUT2D eigenvalue weighted by Gasteiger charge is -2.39. The normalized spacial score (nSPS) is 24.8. The number of rotatable bonds is 8. The summed E-state index contributed by atoms with van der Waals surface area (Å²) in [6.07, 6.45) is 4.12. The molecule has 3 rings (SSSR count). The van der Waals surface area contributed by atoms with Crippen LogP contribution in [0.25, 0.3) is 0 Å². The van der Waals surface area contributed by atoms with Crippen LogP contribution in [0.1, 0.15) is 40.0 Å². The largest absolute Gasteiger partial charge is 0.322 e. The first-order chi connectivity index (χ1) is 13.5. The van der Waals surface area contributed by atoms with E-state index in [0.29, 0.717) is 23.9 Å². The second-order valence-corrected chi connectivity index (χ2v) is 12.1. The third kappa shape index (κ3) is 5.75. The molecule has 1 unspecified atom stereocenters. The zero-order valence-electron chi connectivity index (χ0n) is 17.3. The molecular formula is C24H33O2PS. The van der Waals surface area contributed by atoms with Crippen LogP contribution in [-0.4, -0.2) is 18.0 Å². The minimum absolute atomic E-state index is 0.0940. The van der Waals surface area contributed by atoms with E-state index >= 15 is 0 Å². The van der Waals surface area contributed by atoms with Crippen molar-refractivity contribution in [1.29, 1.82) is 0 Å². The smallest absolute Gasteiger partial charge is 0.233 e. The monoisotopic (exact) mass is 416 g/mol. The molecule has 0 spiro atoms. The van der Waals surface area contributed by atoms with Crippen LogP contribution in [0.3, 0.4) is 0 Å². The van der Waals surface area contributed by atoms with Gasteiger partial charge in [-0.3, -0.25) is 4.57 Å². The fourth-order valence-electron chi connectivity index (χ4n) is 4.15. The Labute approximate surface area is 174 Å². The summed E-state index contributed by atoms with van der Waals surface area (Å²) in [7, 11) is -2.90. The Morgan fingerprint density at radius 1 is 1.04 bits per heavy atom. The standard InChI is InChI=1S/C24H33O2PS/c1-19(2)23-15-14-20(3)18-24(23)26-27(25,21-10-6-4-7-11-21)16-17-28-22-12-8-5-9-13-22/h4-13,19-20,23-24H,14-18H2,1-3H3/t20-,23+,24-,27?/m1/s1. The van der Waals surface area contributed by atoms with Crippen molar-refractivity contribution in [2.45, 2.75) is 51.0 Å². The van der Waals surface area contributed by atoms with Gasteiger partial charge in [0.25, 0.3) is 0 Å². The van der Waals surface area contributed by atoms with Crippen molar-refractivity contribution in [3.63, 3.8) is 0 Å². The molecule has 1 aliphatic carbocycles. The first-order valence-corrected chi connectivity index (χ1v) is 13.3. The van der Waals surface area contributed by atoms with Gasteiger partial charge in [0, 0.05) is 22.1 Å². The summed E-state index contributed by atoms with van der Waals surface area (Å²) in [5.74, 6) is 2.49. The summed E-state index contributed by atoms with van der Waals surface area (Å²) >= 11 is 1.76. The molecule has 1 fully saturated rings. The van der Waals surface area contributed by atoms with Crippen molar-refractivity contribution in [3.05, 3.63) is 60.7 Å². The lowest BCUT2D eigenvalue weighted by Crippen LogP contribution is -2.35. The zero-order chi connectivity index (χ0) is 20.0. The second-order valence-electron chi connectivity index (χ2n) is 8.36. The lowest BCUT2D eigenvalue weighted by atomic mass is 9.75. The van der Waals surface area contributed by atoms with Gasteiger partial charge >= 0.3 is 0 Å². The van der Waals surface area contributed by atoms with Crippen molar-refractivity contribution < 1.29 is 9.09 Å². The number of hydrogen-bond donors (Lipinski definition) is 0. The molecule has 2 aromatic rings. The van der Waals surface area contributed by atoms with Gasteiger partial charge in [0.15, 0.2) is 0 Å². The zero-order valence-corrected chi connectivity index (χ0v) is 19.0. The van der Waals surface area contributed by atoms with Crippen molar-refractivity contribution in [1.82, 2.24) is 0 Å². The molecule has 0 bridgehead atoms. The van der Waals surface area contributed by atoms with Crippen LogP contribution in [0.15, 0.2) is 65.6 Å². The van der Waals surface area contributed by atoms with E-state index in [0.717, 1.165) is 17.5 Å². The Hall–Kier alpha value is -1.02. The van der Waals surface area contributed by atoms with Crippen LogP contribution in [0.4, 0.5) is 0 Å². The van der Waals surface area contributed by atoms with Crippen molar-refractivity contribution in [2.24, 2.45) is 17.8 Å². The summed E-state index contributed by atoms with van der Waals surface area (Å²) in [5, 5.41) is 0.865. The van der Waals surface area contributed by atoms with Crippen molar-refractivity contribution >= 4 is 24.4 Å². The van der Waals surface area contributed by atoms with E-state index in [1.165, 1.54) is 17.7 Å². The molecule has 0 aromatic heterocycles. The van der Waals surface area contributed by atoms with Gasteiger partial charge in [0.2, 0.25) is 7.37 Å². The van der Waals surface area contributed by atoms with Gasteiger partial charge in [-0.2, -0.15) is 0 Å². The molecule has 28 heavy (non-hydrogen) atoms. The van der Waals surface area contributed by atoms with Gasteiger partial charge in [-0.15, -0.1) is 11.8 Å². The fraction of sp³-hybridized carbons (Fsp3) is 0.500. The van der Waals surface area contributed by atoms with E-state index in [2.05, 4.69) is 32.9 Å². The first-order valence-electron chi connectivity index (χ1n) is 10.5. The van der Waals surface area contributed by atoms with Crippen molar-refractivity contribution in [2.75, 3.05) is 11.9 Å². The third-order valence-electron chi connectivity index (χ3n) is 5.81. The van der Waals surface area contributed by atoms with Gasteiger partial charge in [0.05, 0.1) is 6.10 Å². The fourth-order valence-corrected chi connectivity index (χ4v) is 7.86. The molecule has 4 atom stereocenters. The van der Waals surface area contributed by atoms with E-state index in [9.17, 15) is 4.57 Å². The molecule has 0 saturated heterocycles. The molecule has 0 N–H and O–H groups in total. The summed E-state index contributed by atoms with van der Waals surface area (Å²) in [5.41, 5.74) is 0. The number of hydrogen-bond acceptors (Lipinski definition) is 3. The van der Waals surface area contributed by atoms with E-state index in [1.54, 1.807) is 11.8 Å². The molecule has 1 saturated carbocycles. The van der Waals surface area contributed by atoms with E-state index < -0.39 is 7.37 Å². The highest BCUT2D eigenvalue weighted by atomic mass is 32.2. The molecule has 0 amide bonds. The van der Waals surface area contributed by atoms with Crippen LogP contribution >= 0.6 is 19.1 Å². The molecule has 0 radical (unpaired) electrons. The van der Waals surface area contributed by atoms with Gasteiger partial charge < -0.3 is 4.52 Å². The molecule has 4 heteroatoms. The van der Waals surface area contributed by atoms with Crippen LogP contribution in [0.2, 0.25) is 0 Å². The van der Waals surface area contributed by atoms with Gasteiger partial charge in [-0.25, -0.2) is 0 Å². The van der Waals surface area contributed by atoms with Crippen molar-refractivity contribution in [3.8, 4) is 0 Å². The number of thioether (sulfide) groups is 1. The highest BCUT2D eigenvalue weighted by molar-refractivity contribution is 7.99. The quantitative estimate of drug-likeness (QED) is 0.347. The van der Waals surface area contributed by atoms with Crippen LogP contribution in [-0.2, 0) is 9.09 Å². The average molecular weight is 417 g/mol. The van der Waals surface area contributed by atoms with E-state index in [4.69, 9.17) is 4.52 Å². The molecule has 2 nitrogen and oxygen atoms in total. The second kappa shape index (κ2) is 10.1. The van der Waals surface area contributed by atoms with Gasteiger partial charge in [-0.1, -0.05) is 63.6 Å². The summed E-state index contributed by atoms with van der Waals surface area (Å²) in [4.78, 5) is 1.22. The third-order valence-corrected chi connectivity index (χ3v) is 9.64. The van der Waals surface area contributed by atoms with Crippen LogP contribution < -0.4 is 5.30 Å². The maximum Gasteiger partial charge on any atom is 0.233 e. The molecule has 0 heterocycles. The average Bonchev–Trinajstić information content (AvgIpc) is 2.69. The highest BCUT2D eigenvalue weighted by Crippen LogP contribution is 2.51. The van der Waals surface area contributed by atoms with E-state index in [-0.39, 0.29) is 6.10 Å². The minimum atomic E-state index is -2.90. The molecule has 0 aliphatic heterocycles. The maximum absolute atomic E-state index is 14.1. The molecule has 2 aromatic carbocycles. The van der Waals surface area contributed by atoms with Gasteiger partial charge in [-0.05, 0) is 54.9 Å². The Bertz CT molecular complexity index is 763. The Morgan fingerprint density at radius 2 is 1.68 bits per heavy atom. The topological polar surface area (TPSA) is 26.3 Å². The first kappa shape index (κ1) is 21.7. The molecular weight excluding hydrogens is 383 g/mol. The van der Waals surface area contributed by atoms with Crippen LogP contribution in [0, 0.1) is 17.8 Å². The Balaban J connectivity index is 1.77. The number of benzene rings is 2. The summed E-state index contributed by atoms with van der Waals surface area (Å²) in [6.45, 7) is 6.84.